The summed E-state index contributed by atoms with van der Waals surface area (Å²) in [6, 6.07) is 5.68. The first-order chi connectivity index (χ1) is 8.08. The first-order valence-corrected chi connectivity index (χ1v) is 4.68. The maximum Gasteiger partial charge on any atom is 0.319 e. The van der Waals surface area contributed by atoms with E-state index in [0.717, 1.165) is 0 Å². The number of H-pyrrole nitrogens is 1. The van der Waals surface area contributed by atoms with Gasteiger partial charge in [-0.1, -0.05) is 12.1 Å². The molecule has 0 fully saturated rings. The van der Waals surface area contributed by atoms with Crippen LogP contribution >= 0.6 is 0 Å². The van der Waals surface area contributed by atoms with Crippen molar-refractivity contribution in [1.29, 1.82) is 0 Å². The molecule has 0 saturated heterocycles. The predicted molar refractivity (Wildman–Crippen MR) is 59.4 cm³/mol. The molecule has 4 N–H and O–H groups in total. The number of para-hydroxylation sites is 2. The smallest absolute Gasteiger partial charge is 0.319 e. The third kappa shape index (κ3) is 2.12. The fourth-order valence-electron chi connectivity index (χ4n) is 1.35. The molecule has 1 heterocycles. The second kappa shape index (κ2) is 4.05. The summed E-state index contributed by atoms with van der Waals surface area (Å²) in [7, 11) is 0. The van der Waals surface area contributed by atoms with Crippen LogP contribution in [-0.2, 0) is 0 Å². The molecular formula is C10H8N4O3. The molecule has 3 amide bonds. The van der Waals surface area contributed by atoms with Gasteiger partial charge in [0.15, 0.2) is 5.69 Å². The molecule has 17 heavy (non-hydrogen) atoms. The van der Waals surface area contributed by atoms with Crippen molar-refractivity contribution in [1.82, 2.24) is 15.3 Å². The van der Waals surface area contributed by atoms with Crippen LogP contribution in [-0.4, -0.2) is 21.9 Å². The van der Waals surface area contributed by atoms with Crippen molar-refractivity contribution in [3.63, 3.8) is 0 Å². The van der Waals surface area contributed by atoms with E-state index in [-0.39, 0.29) is 0 Å². The molecule has 0 atom stereocenters. The fourth-order valence-corrected chi connectivity index (χ4v) is 1.35. The van der Waals surface area contributed by atoms with Gasteiger partial charge >= 0.3 is 6.03 Å². The van der Waals surface area contributed by atoms with E-state index >= 15 is 0 Å². The molecule has 7 nitrogen and oxygen atoms in total. The number of carbonyl (C=O) groups is 2. The Hall–Kier alpha value is -2.70. The molecule has 0 unspecified atom stereocenters. The highest BCUT2D eigenvalue weighted by Gasteiger charge is 2.14. The summed E-state index contributed by atoms with van der Waals surface area (Å²) in [6.07, 6.45) is 0. The Morgan fingerprint density at radius 2 is 2.00 bits per heavy atom. The molecule has 2 rings (SSSR count). The molecule has 86 valence electrons. The van der Waals surface area contributed by atoms with Crippen molar-refractivity contribution in [2.45, 2.75) is 0 Å². The zero-order valence-electron chi connectivity index (χ0n) is 8.56. The van der Waals surface area contributed by atoms with Crippen molar-refractivity contribution in [3.8, 4) is 0 Å². The molecule has 0 bridgehead atoms. The van der Waals surface area contributed by atoms with Crippen LogP contribution in [0, 0.1) is 0 Å². The van der Waals surface area contributed by atoms with Gasteiger partial charge in [-0.2, -0.15) is 0 Å². The lowest BCUT2D eigenvalue weighted by Crippen LogP contribution is -2.38. The Balaban J connectivity index is 2.55. The van der Waals surface area contributed by atoms with E-state index in [9.17, 15) is 14.4 Å². The van der Waals surface area contributed by atoms with Crippen LogP contribution in [0.5, 0.6) is 0 Å². The van der Waals surface area contributed by atoms with Crippen molar-refractivity contribution in [3.05, 3.63) is 40.3 Å². The van der Waals surface area contributed by atoms with Crippen LogP contribution < -0.4 is 16.6 Å². The number of aromatic amines is 1. The van der Waals surface area contributed by atoms with E-state index in [1.165, 1.54) is 0 Å². The van der Waals surface area contributed by atoms with Crippen LogP contribution in [0.25, 0.3) is 11.0 Å². The third-order valence-corrected chi connectivity index (χ3v) is 2.05. The Labute approximate surface area is 94.7 Å². The largest absolute Gasteiger partial charge is 0.351 e. The van der Waals surface area contributed by atoms with Gasteiger partial charge in [0.2, 0.25) is 0 Å². The van der Waals surface area contributed by atoms with Gasteiger partial charge < -0.3 is 10.7 Å². The topological polar surface area (TPSA) is 118 Å². The van der Waals surface area contributed by atoms with E-state index in [1.54, 1.807) is 29.6 Å². The van der Waals surface area contributed by atoms with Crippen LogP contribution in [0.1, 0.15) is 10.5 Å². The summed E-state index contributed by atoms with van der Waals surface area (Å²) >= 11 is 0. The summed E-state index contributed by atoms with van der Waals surface area (Å²) < 4.78 is 0. The number of hydrogen-bond acceptors (Lipinski definition) is 4. The number of hydrogen-bond donors (Lipinski definition) is 3. The van der Waals surface area contributed by atoms with E-state index in [1.807, 2.05) is 0 Å². The van der Waals surface area contributed by atoms with Crippen LogP contribution in [0.4, 0.5) is 4.79 Å². The standard InChI is InChI=1S/C10H8N4O3/c11-10(17)14-9(16)7-8(15)13-6-4-2-1-3-5(6)12-7/h1-4H,(H,13,15)(H3,11,14,16,17). The van der Waals surface area contributed by atoms with E-state index < -0.39 is 23.2 Å². The number of carbonyl (C=O) groups excluding carboxylic acids is 2. The van der Waals surface area contributed by atoms with Crippen LogP contribution in [0.15, 0.2) is 29.1 Å². The Morgan fingerprint density at radius 3 is 2.71 bits per heavy atom. The molecule has 0 aliphatic carbocycles. The van der Waals surface area contributed by atoms with Gasteiger partial charge in [0, 0.05) is 0 Å². The Kier molecular flexibility index (Phi) is 2.57. The lowest BCUT2D eigenvalue weighted by Gasteiger charge is -2.01. The molecule has 0 spiro atoms. The van der Waals surface area contributed by atoms with E-state index in [2.05, 4.69) is 9.97 Å². The average molecular weight is 232 g/mol. The average Bonchev–Trinajstić information content (AvgIpc) is 2.27. The molecule has 1 aromatic carbocycles. The Bertz CT molecular complexity index is 662. The van der Waals surface area contributed by atoms with Gasteiger partial charge in [0.1, 0.15) is 0 Å². The van der Waals surface area contributed by atoms with Crippen molar-refractivity contribution >= 4 is 23.0 Å². The normalized spacial score (nSPS) is 10.1. The number of rotatable bonds is 1. The number of benzene rings is 1. The summed E-state index contributed by atoms with van der Waals surface area (Å²) in [5, 5.41) is 1.78. The minimum atomic E-state index is -1.04. The summed E-state index contributed by atoms with van der Waals surface area (Å²) in [6.45, 7) is 0. The van der Waals surface area contributed by atoms with E-state index in [4.69, 9.17) is 5.73 Å². The Morgan fingerprint density at radius 1 is 1.29 bits per heavy atom. The minimum absolute atomic E-state index is 0.400. The number of amides is 3. The summed E-state index contributed by atoms with van der Waals surface area (Å²) in [4.78, 5) is 39.8. The number of primary amides is 1. The highest BCUT2D eigenvalue weighted by Crippen LogP contribution is 2.05. The zero-order chi connectivity index (χ0) is 12.4. The van der Waals surface area contributed by atoms with Gasteiger partial charge in [-0.25, -0.2) is 9.78 Å². The van der Waals surface area contributed by atoms with Gasteiger partial charge in [0.25, 0.3) is 11.5 Å². The molecule has 0 aliphatic heterocycles. The highest BCUT2D eigenvalue weighted by molar-refractivity contribution is 6.03. The lowest BCUT2D eigenvalue weighted by molar-refractivity contribution is 0.0960. The van der Waals surface area contributed by atoms with Gasteiger partial charge in [-0.05, 0) is 12.1 Å². The molecule has 0 saturated carbocycles. The predicted octanol–water partition coefficient (Wildman–Crippen LogP) is -0.268. The number of fused-ring (bicyclic) bond motifs is 1. The first-order valence-electron chi connectivity index (χ1n) is 4.68. The SMILES string of the molecule is NC(=O)NC(=O)c1nc2ccccc2[nH]c1=O. The summed E-state index contributed by atoms with van der Waals surface area (Å²) in [5.41, 5.74) is 4.66. The van der Waals surface area contributed by atoms with Crippen molar-refractivity contribution in [2.75, 3.05) is 0 Å². The van der Waals surface area contributed by atoms with Crippen LogP contribution in [0.2, 0.25) is 0 Å². The van der Waals surface area contributed by atoms with Gasteiger partial charge in [-0.3, -0.25) is 14.9 Å². The van der Waals surface area contributed by atoms with Crippen molar-refractivity contribution in [2.24, 2.45) is 5.73 Å². The molecule has 1 aromatic heterocycles. The molecule has 0 radical (unpaired) electrons. The van der Waals surface area contributed by atoms with Gasteiger partial charge in [-0.15, -0.1) is 0 Å². The zero-order valence-corrected chi connectivity index (χ0v) is 8.56. The first kappa shape index (κ1) is 10.8. The summed E-state index contributed by atoms with van der Waals surface area (Å²) in [5.74, 6) is -0.926. The third-order valence-electron chi connectivity index (χ3n) is 2.05. The second-order valence-corrected chi connectivity index (χ2v) is 3.25. The monoisotopic (exact) mass is 232 g/mol. The quantitative estimate of drug-likeness (QED) is 0.627. The number of imide groups is 1. The van der Waals surface area contributed by atoms with E-state index in [0.29, 0.717) is 11.0 Å². The minimum Gasteiger partial charge on any atom is -0.351 e. The number of nitrogens with two attached hydrogens (primary N) is 1. The molecule has 7 heteroatoms. The fraction of sp³-hybridized carbons (Fsp3) is 0. The maximum atomic E-state index is 11.5. The second-order valence-electron chi connectivity index (χ2n) is 3.25. The maximum absolute atomic E-state index is 11.5. The lowest BCUT2D eigenvalue weighted by atomic mass is 10.3. The number of urea groups is 1. The molecular weight excluding hydrogens is 224 g/mol. The van der Waals surface area contributed by atoms with Gasteiger partial charge in [0.05, 0.1) is 11.0 Å². The highest BCUT2D eigenvalue weighted by atomic mass is 16.2. The van der Waals surface area contributed by atoms with Crippen molar-refractivity contribution < 1.29 is 9.59 Å². The van der Waals surface area contributed by atoms with Crippen LogP contribution in [0.3, 0.4) is 0 Å². The molecule has 0 aliphatic rings. The number of aromatic nitrogens is 2. The molecule has 2 aromatic rings. The number of nitrogens with one attached hydrogen (secondary N) is 2. The number of nitrogens with zero attached hydrogens (tertiary/aromatic N) is 1.